The molecule has 0 saturated heterocycles. The maximum Gasteiger partial charge on any atom is 0.152 e. The van der Waals surface area contributed by atoms with Crippen LogP contribution in [-0.4, -0.2) is 33.9 Å². The Morgan fingerprint density at radius 1 is 0.968 bits per heavy atom. The highest BCUT2D eigenvalue weighted by Crippen LogP contribution is 2.38. The molecule has 0 unspecified atom stereocenters. The molecule has 1 aromatic carbocycles. The zero-order valence-corrected chi connectivity index (χ0v) is 17.4. The fraction of sp³-hybridized carbons (Fsp3) is 0.304. The summed E-state index contributed by atoms with van der Waals surface area (Å²) in [7, 11) is 2.00. The molecule has 8 nitrogen and oxygen atoms in total. The molecule has 1 fully saturated rings. The van der Waals surface area contributed by atoms with Gasteiger partial charge in [0.1, 0.15) is 11.8 Å². The number of aryl methyl sites for hydroxylation is 1. The van der Waals surface area contributed by atoms with Crippen molar-refractivity contribution < 1.29 is 0 Å². The summed E-state index contributed by atoms with van der Waals surface area (Å²) < 4.78 is 6.10. The van der Waals surface area contributed by atoms with Crippen LogP contribution in [0.3, 0.4) is 0 Å². The van der Waals surface area contributed by atoms with E-state index in [4.69, 9.17) is 10.8 Å². The number of nitrogens with zero attached hydrogens (tertiary/aromatic N) is 7. The fourth-order valence-electron chi connectivity index (χ4n) is 4.90. The summed E-state index contributed by atoms with van der Waals surface area (Å²) in [4.78, 5) is 8.72. The smallest absolute Gasteiger partial charge is 0.152 e. The molecule has 0 atom stereocenters. The Bertz CT molecular complexity index is 1400. The van der Waals surface area contributed by atoms with Gasteiger partial charge in [0, 0.05) is 24.4 Å². The van der Waals surface area contributed by atoms with E-state index in [9.17, 15) is 0 Å². The molecule has 1 aliphatic rings. The van der Waals surface area contributed by atoms with Crippen LogP contribution in [-0.2, 0) is 7.05 Å². The van der Waals surface area contributed by atoms with Crippen molar-refractivity contribution in [1.82, 2.24) is 33.9 Å². The van der Waals surface area contributed by atoms with Gasteiger partial charge in [-0.2, -0.15) is 10.2 Å². The van der Waals surface area contributed by atoms with E-state index >= 15 is 0 Å². The van der Waals surface area contributed by atoms with Gasteiger partial charge in [-0.15, -0.1) is 0 Å². The van der Waals surface area contributed by atoms with Gasteiger partial charge in [-0.25, -0.2) is 14.5 Å². The minimum absolute atomic E-state index is 0.425. The van der Waals surface area contributed by atoms with E-state index in [1.807, 2.05) is 34.7 Å². The Labute approximate surface area is 179 Å². The van der Waals surface area contributed by atoms with E-state index in [1.54, 1.807) is 0 Å². The predicted molar refractivity (Wildman–Crippen MR) is 120 cm³/mol. The quantitative estimate of drug-likeness (QED) is 0.479. The molecular weight excluding hydrogens is 388 g/mol. The third-order valence-electron chi connectivity index (χ3n) is 6.47. The fourth-order valence-corrected chi connectivity index (χ4v) is 4.90. The highest BCUT2D eigenvalue weighted by Gasteiger charge is 2.23. The van der Waals surface area contributed by atoms with Crippen LogP contribution < -0.4 is 5.73 Å². The summed E-state index contributed by atoms with van der Waals surface area (Å²) in [6.45, 7) is 0. The number of imidazole rings is 1. The molecule has 1 saturated carbocycles. The maximum absolute atomic E-state index is 6.37. The molecule has 156 valence electrons. The van der Waals surface area contributed by atoms with Gasteiger partial charge in [0.15, 0.2) is 5.82 Å². The van der Waals surface area contributed by atoms with E-state index in [0.717, 1.165) is 51.9 Å². The zero-order valence-electron chi connectivity index (χ0n) is 17.4. The van der Waals surface area contributed by atoms with Crippen molar-refractivity contribution in [3.63, 3.8) is 0 Å². The lowest BCUT2D eigenvalue weighted by Gasteiger charge is -2.23. The van der Waals surface area contributed by atoms with E-state index in [1.165, 1.54) is 25.6 Å². The van der Waals surface area contributed by atoms with Gasteiger partial charge < -0.3 is 10.3 Å². The Balaban J connectivity index is 1.57. The van der Waals surface area contributed by atoms with Crippen molar-refractivity contribution in [3.8, 4) is 22.5 Å². The minimum atomic E-state index is 0.425. The lowest BCUT2D eigenvalue weighted by molar-refractivity contribution is 0.332. The normalized spacial score (nSPS) is 15.3. The predicted octanol–water partition coefficient (Wildman–Crippen LogP) is 4.23. The first-order valence-corrected chi connectivity index (χ1v) is 10.8. The lowest BCUT2D eigenvalue weighted by atomic mass is 9.95. The molecule has 4 heterocycles. The van der Waals surface area contributed by atoms with Crippen molar-refractivity contribution in [2.75, 3.05) is 5.73 Å². The lowest BCUT2D eigenvalue weighted by Crippen LogP contribution is -2.15. The third-order valence-corrected chi connectivity index (χ3v) is 6.47. The van der Waals surface area contributed by atoms with E-state index in [-0.39, 0.29) is 0 Å². The average molecular weight is 413 g/mol. The van der Waals surface area contributed by atoms with Gasteiger partial charge in [-0.05, 0) is 37.1 Å². The molecule has 6 rings (SSSR count). The van der Waals surface area contributed by atoms with Crippen molar-refractivity contribution in [3.05, 3.63) is 49.2 Å². The van der Waals surface area contributed by atoms with Crippen LogP contribution in [0.25, 0.3) is 39.1 Å². The number of anilines is 1. The molecule has 2 N–H and O–H groups in total. The highest BCUT2D eigenvalue weighted by molar-refractivity contribution is 5.92. The van der Waals surface area contributed by atoms with Gasteiger partial charge in [0.05, 0.1) is 34.8 Å². The number of hydrogen-bond donors (Lipinski definition) is 1. The number of aromatic nitrogens is 7. The molecule has 0 spiro atoms. The van der Waals surface area contributed by atoms with Gasteiger partial charge in [0.2, 0.25) is 0 Å². The van der Waals surface area contributed by atoms with Crippen LogP contribution in [0.5, 0.6) is 0 Å². The summed E-state index contributed by atoms with van der Waals surface area (Å²) >= 11 is 0. The SMILES string of the molecule is Cn1cnc2ccc(-c3cc(-c4ccnn4C4CCCCC4)c4c(N)ncnn34)cc21. The largest absolute Gasteiger partial charge is 0.382 e. The Hall–Kier alpha value is -3.68. The highest BCUT2D eigenvalue weighted by atomic mass is 15.3. The molecular formula is C23H24N8. The molecule has 0 aliphatic heterocycles. The minimum Gasteiger partial charge on any atom is -0.382 e. The molecule has 4 aromatic heterocycles. The molecule has 0 bridgehead atoms. The maximum atomic E-state index is 6.37. The summed E-state index contributed by atoms with van der Waals surface area (Å²) in [5.41, 5.74) is 13.3. The first-order chi connectivity index (χ1) is 15.2. The number of hydrogen-bond acceptors (Lipinski definition) is 5. The van der Waals surface area contributed by atoms with Gasteiger partial charge >= 0.3 is 0 Å². The van der Waals surface area contributed by atoms with Gasteiger partial charge in [-0.1, -0.05) is 25.3 Å². The molecule has 0 amide bonds. The van der Waals surface area contributed by atoms with Crippen molar-refractivity contribution >= 4 is 22.4 Å². The number of nitrogen functional groups attached to an aromatic ring is 1. The molecule has 31 heavy (non-hydrogen) atoms. The summed E-state index contributed by atoms with van der Waals surface area (Å²) in [5, 5.41) is 9.25. The average Bonchev–Trinajstić information content (AvgIpc) is 3.52. The summed E-state index contributed by atoms with van der Waals surface area (Å²) in [5.74, 6) is 0.467. The van der Waals surface area contributed by atoms with Crippen molar-refractivity contribution in [2.45, 2.75) is 38.1 Å². The summed E-state index contributed by atoms with van der Waals surface area (Å²) in [6.07, 6.45) is 11.4. The molecule has 8 heteroatoms. The number of benzene rings is 1. The third kappa shape index (κ3) is 2.82. The van der Waals surface area contributed by atoms with E-state index in [2.05, 4.69) is 44.0 Å². The van der Waals surface area contributed by atoms with Crippen LogP contribution >= 0.6 is 0 Å². The first kappa shape index (κ1) is 18.1. The van der Waals surface area contributed by atoms with Gasteiger partial charge in [0.25, 0.3) is 0 Å². The Morgan fingerprint density at radius 3 is 2.71 bits per heavy atom. The molecule has 1 aliphatic carbocycles. The number of rotatable bonds is 3. The topological polar surface area (TPSA) is 91.8 Å². The number of nitrogens with two attached hydrogens (primary N) is 1. The zero-order chi connectivity index (χ0) is 20.9. The van der Waals surface area contributed by atoms with Crippen LogP contribution in [0.15, 0.2) is 49.2 Å². The Kier molecular flexibility index (Phi) is 4.05. The van der Waals surface area contributed by atoms with Crippen LogP contribution in [0.2, 0.25) is 0 Å². The van der Waals surface area contributed by atoms with Crippen LogP contribution in [0, 0.1) is 0 Å². The standard InChI is InChI=1S/C23H24N8/c1-29-14-26-18-8-7-15(11-21(18)29)20-12-17(22-23(24)25-13-28-31(20)22)19-9-10-27-30(19)16-5-3-2-4-6-16/h7-14,16H,2-6H2,1H3,(H2,24,25,28). The molecule has 5 aromatic rings. The summed E-state index contributed by atoms with van der Waals surface area (Å²) in [6, 6.07) is 10.9. The van der Waals surface area contributed by atoms with Crippen LogP contribution in [0.1, 0.15) is 38.1 Å². The van der Waals surface area contributed by atoms with Gasteiger partial charge in [-0.3, -0.25) is 4.68 Å². The number of fused-ring (bicyclic) bond motifs is 2. The monoisotopic (exact) mass is 412 g/mol. The second-order valence-electron chi connectivity index (χ2n) is 8.36. The van der Waals surface area contributed by atoms with E-state index < -0.39 is 0 Å². The van der Waals surface area contributed by atoms with E-state index in [0.29, 0.717) is 11.9 Å². The Morgan fingerprint density at radius 2 is 1.84 bits per heavy atom. The second-order valence-corrected chi connectivity index (χ2v) is 8.36. The van der Waals surface area contributed by atoms with Crippen molar-refractivity contribution in [2.24, 2.45) is 7.05 Å². The van der Waals surface area contributed by atoms with Crippen LogP contribution in [0.4, 0.5) is 5.82 Å². The second kappa shape index (κ2) is 6.94. The first-order valence-electron chi connectivity index (χ1n) is 10.8. The molecule has 0 radical (unpaired) electrons. The van der Waals surface area contributed by atoms with Crippen molar-refractivity contribution in [1.29, 1.82) is 0 Å².